The van der Waals surface area contributed by atoms with E-state index in [9.17, 15) is 4.79 Å². The number of hydrogen-bond acceptors (Lipinski definition) is 6. The van der Waals surface area contributed by atoms with E-state index >= 15 is 0 Å². The number of piperazine rings is 1. The van der Waals surface area contributed by atoms with E-state index < -0.39 is 0 Å². The Labute approximate surface area is 131 Å². The number of nitrogens with zero attached hydrogens (tertiary/aromatic N) is 4. The Hall–Kier alpha value is -1.73. The van der Waals surface area contributed by atoms with Crippen LogP contribution in [0.25, 0.3) is 0 Å². The number of carbonyl (C=O) groups is 1. The summed E-state index contributed by atoms with van der Waals surface area (Å²) in [7, 11) is 1.67. The van der Waals surface area contributed by atoms with E-state index in [1.807, 2.05) is 13.0 Å². The molecule has 1 saturated heterocycles. The number of anilines is 1. The van der Waals surface area contributed by atoms with Crippen molar-refractivity contribution in [2.24, 2.45) is 0 Å². The van der Waals surface area contributed by atoms with E-state index in [0.717, 1.165) is 38.5 Å². The smallest absolute Gasteiger partial charge is 0.237 e. The fourth-order valence-corrected chi connectivity index (χ4v) is 2.51. The van der Waals surface area contributed by atoms with Crippen molar-refractivity contribution in [3.63, 3.8) is 0 Å². The van der Waals surface area contributed by atoms with Crippen molar-refractivity contribution in [2.45, 2.75) is 19.4 Å². The summed E-state index contributed by atoms with van der Waals surface area (Å²) in [4.78, 5) is 25.0. The van der Waals surface area contributed by atoms with Crippen molar-refractivity contribution in [3.05, 3.63) is 18.5 Å². The maximum Gasteiger partial charge on any atom is 0.237 e. The summed E-state index contributed by atoms with van der Waals surface area (Å²) in [6, 6.07) is 1.71. The Morgan fingerprint density at radius 1 is 1.32 bits per heavy atom. The summed E-state index contributed by atoms with van der Waals surface area (Å²) >= 11 is 0. The molecule has 1 aromatic rings. The molecule has 122 valence electrons. The minimum atomic E-state index is -0.110. The van der Waals surface area contributed by atoms with Gasteiger partial charge in [0.2, 0.25) is 11.9 Å². The van der Waals surface area contributed by atoms with Crippen LogP contribution in [-0.4, -0.2) is 73.3 Å². The molecule has 1 aliphatic heterocycles. The highest BCUT2D eigenvalue weighted by Gasteiger charge is 2.26. The van der Waals surface area contributed by atoms with E-state index in [1.165, 1.54) is 0 Å². The molecule has 7 nitrogen and oxygen atoms in total. The van der Waals surface area contributed by atoms with Gasteiger partial charge < -0.3 is 15.0 Å². The molecule has 0 aliphatic carbocycles. The Kier molecular flexibility index (Phi) is 6.54. The van der Waals surface area contributed by atoms with Gasteiger partial charge in [-0.05, 0) is 19.4 Å². The molecule has 1 atom stereocenters. The third-order valence-corrected chi connectivity index (χ3v) is 3.90. The molecule has 0 radical (unpaired) electrons. The van der Waals surface area contributed by atoms with E-state index in [-0.39, 0.29) is 11.9 Å². The molecule has 0 bridgehead atoms. The van der Waals surface area contributed by atoms with Crippen LogP contribution in [0.4, 0.5) is 5.95 Å². The average molecular weight is 307 g/mol. The summed E-state index contributed by atoms with van der Waals surface area (Å²) in [5.41, 5.74) is 0. The molecule has 22 heavy (non-hydrogen) atoms. The van der Waals surface area contributed by atoms with Crippen molar-refractivity contribution in [1.82, 2.24) is 20.2 Å². The van der Waals surface area contributed by atoms with Gasteiger partial charge in [-0.3, -0.25) is 9.69 Å². The number of amides is 1. The zero-order valence-electron chi connectivity index (χ0n) is 13.4. The standard InChI is InChI=1S/C15H25N5O2/c1-13(14(21)16-7-4-12-22-2)19-8-10-20(11-9-19)15-17-5-3-6-18-15/h3,5-6,13H,4,7-12H2,1-2H3,(H,16,21). The number of carbonyl (C=O) groups excluding carboxylic acids is 1. The Morgan fingerprint density at radius 3 is 2.64 bits per heavy atom. The molecule has 1 fully saturated rings. The number of ether oxygens (including phenoxy) is 1. The quantitative estimate of drug-likeness (QED) is 0.723. The SMILES string of the molecule is COCCCNC(=O)C(C)N1CCN(c2ncccn2)CC1. The van der Waals surface area contributed by atoms with Crippen molar-refractivity contribution in [3.8, 4) is 0 Å². The molecule has 2 rings (SSSR count). The van der Waals surface area contributed by atoms with Gasteiger partial charge in [-0.15, -0.1) is 0 Å². The van der Waals surface area contributed by atoms with Gasteiger partial charge >= 0.3 is 0 Å². The average Bonchev–Trinajstić information content (AvgIpc) is 2.59. The minimum absolute atomic E-state index is 0.0838. The molecule has 0 saturated carbocycles. The second-order valence-electron chi connectivity index (χ2n) is 5.39. The lowest BCUT2D eigenvalue weighted by Gasteiger charge is -2.37. The maximum absolute atomic E-state index is 12.1. The van der Waals surface area contributed by atoms with Crippen LogP contribution in [-0.2, 0) is 9.53 Å². The Balaban J connectivity index is 1.75. The first-order valence-electron chi connectivity index (χ1n) is 7.75. The van der Waals surface area contributed by atoms with Crippen molar-refractivity contribution in [1.29, 1.82) is 0 Å². The fourth-order valence-electron chi connectivity index (χ4n) is 2.51. The zero-order valence-corrected chi connectivity index (χ0v) is 13.4. The van der Waals surface area contributed by atoms with Crippen LogP contribution in [0.2, 0.25) is 0 Å². The lowest BCUT2D eigenvalue weighted by atomic mass is 10.2. The summed E-state index contributed by atoms with van der Waals surface area (Å²) in [5, 5.41) is 2.96. The summed E-state index contributed by atoms with van der Waals surface area (Å²) < 4.78 is 4.98. The van der Waals surface area contributed by atoms with Gasteiger partial charge in [0.1, 0.15) is 0 Å². The highest BCUT2D eigenvalue weighted by atomic mass is 16.5. The zero-order chi connectivity index (χ0) is 15.8. The lowest BCUT2D eigenvalue weighted by Crippen LogP contribution is -2.54. The van der Waals surface area contributed by atoms with Gasteiger partial charge in [0.15, 0.2) is 0 Å². The third kappa shape index (κ3) is 4.64. The molecule has 1 amide bonds. The number of hydrogen-bond donors (Lipinski definition) is 1. The first-order valence-corrected chi connectivity index (χ1v) is 7.75. The van der Waals surface area contributed by atoms with E-state index in [2.05, 4.69) is 25.1 Å². The van der Waals surface area contributed by atoms with Crippen molar-refractivity contribution >= 4 is 11.9 Å². The minimum Gasteiger partial charge on any atom is -0.385 e. The van der Waals surface area contributed by atoms with Crippen LogP contribution in [0.5, 0.6) is 0 Å². The predicted octanol–water partition coefficient (Wildman–Crippen LogP) is 0.140. The molecule has 0 aromatic carbocycles. The number of aromatic nitrogens is 2. The topological polar surface area (TPSA) is 70.6 Å². The van der Waals surface area contributed by atoms with Crippen molar-refractivity contribution < 1.29 is 9.53 Å². The van der Waals surface area contributed by atoms with Gasteiger partial charge in [0.05, 0.1) is 6.04 Å². The maximum atomic E-state index is 12.1. The second-order valence-corrected chi connectivity index (χ2v) is 5.39. The lowest BCUT2D eigenvalue weighted by molar-refractivity contribution is -0.126. The van der Waals surface area contributed by atoms with E-state index in [0.29, 0.717) is 13.2 Å². The fraction of sp³-hybridized carbons (Fsp3) is 0.667. The largest absolute Gasteiger partial charge is 0.385 e. The normalized spacial score (nSPS) is 17.3. The molecule has 1 unspecified atom stereocenters. The number of methoxy groups -OCH3 is 1. The second kappa shape index (κ2) is 8.65. The van der Waals surface area contributed by atoms with Gasteiger partial charge in [-0.2, -0.15) is 0 Å². The van der Waals surface area contributed by atoms with Crippen LogP contribution in [0, 0.1) is 0 Å². The van der Waals surface area contributed by atoms with E-state index in [1.54, 1.807) is 19.5 Å². The molecule has 7 heteroatoms. The number of rotatable bonds is 7. The number of nitrogens with one attached hydrogen (secondary N) is 1. The molecular weight excluding hydrogens is 282 g/mol. The summed E-state index contributed by atoms with van der Waals surface area (Å²) in [6.45, 7) is 6.64. The predicted molar refractivity (Wildman–Crippen MR) is 84.8 cm³/mol. The Morgan fingerprint density at radius 2 is 2.00 bits per heavy atom. The molecular formula is C15H25N5O2. The Bertz CT molecular complexity index is 449. The van der Waals surface area contributed by atoms with Crippen LogP contribution >= 0.6 is 0 Å². The van der Waals surface area contributed by atoms with Gasteiger partial charge in [-0.1, -0.05) is 0 Å². The monoisotopic (exact) mass is 307 g/mol. The van der Waals surface area contributed by atoms with Crippen LogP contribution < -0.4 is 10.2 Å². The summed E-state index contributed by atoms with van der Waals surface area (Å²) in [6.07, 6.45) is 4.35. The first kappa shape index (κ1) is 16.6. The van der Waals surface area contributed by atoms with Crippen LogP contribution in [0.15, 0.2) is 18.5 Å². The third-order valence-electron chi connectivity index (χ3n) is 3.90. The van der Waals surface area contributed by atoms with Crippen LogP contribution in [0.3, 0.4) is 0 Å². The van der Waals surface area contributed by atoms with Crippen LogP contribution in [0.1, 0.15) is 13.3 Å². The molecule has 1 aromatic heterocycles. The molecule has 2 heterocycles. The molecule has 1 N–H and O–H groups in total. The van der Waals surface area contributed by atoms with Gasteiger partial charge in [0.25, 0.3) is 0 Å². The highest BCUT2D eigenvalue weighted by molar-refractivity contribution is 5.81. The van der Waals surface area contributed by atoms with Gasteiger partial charge in [-0.25, -0.2) is 9.97 Å². The molecule has 1 aliphatic rings. The van der Waals surface area contributed by atoms with Gasteiger partial charge in [0, 0.05) is 58.8 Å². The molecule has 0 spiro atoms. The summed E-state index contributed by atoms with van der Waals surface area (Å²) in [5.74, 6) is 0.847. The van der Waals surface area contributed by atoms with E-state index in [4.69, 9.17) is 4.74 Å². The van der Waals surface area contributed by atoms with Crippen molar-refractivity contribution in [2.75, 3.05) is 51.3 Å². The highest BCUT2D eigenvalue weighted by Crippen LogP contribution is 2.11. The first-order chi connectivity index (χ1) is 10.7.